The summed E-state index contributed by atoms with van der Waals surface area (Å²) in [6.07, 6.45) is 7.82. The average molecular weight is 330 g/mol. The van der Waals surface area contributed by atoms with E-state index in [-0.39, 0.29) is 17.2 Å². The van der Waals surface area contributed by atoms with E-state index >= 15 is 0 Å². The Hall–Kier alpha value is -3.46. The lowest BCUT2D eigenvalue weighted by atomic mass is 10.1. The third-order valence-electron chi connectivity index (χ3n) is 3.77. The zero-order chi connectivity index (χ0) is 17.6. The van der Waals surface area contributed by atoms with Crippen molar-refractivity contribution >= 4 is 24.3 Å². The molecule has 3 rings (SSSR count). The van der Waals surface area contributed by atoms with Crippen LogP contribution >= 0.6 is 0 Å². The monoisotopic (exact) mass is 330 g/mol. The molecule has 0 amide bonds. The van der Waals surface area contributed by atoms with Gasteiger partial charge in [0.1, 0.15) is 5.75 Å². The van der Waals surface area contributed by atoms with Crippen LogP contribution in [0.15, 0.2) is 66.7 Å². The summed E-state index contributed by atoms with van der Waals surface area (Å²) < 4.78 is 0. The lowest BCUT2D eigenvalue weighted by Crippen LogP contribution is -1.76. The Kier molecular flexibility index (Phi) is 4.86. The van der Waals surface area contributed by atoms with Crippen molar-refractivity contribution in [3.8, 4) is 17.2 Å². The van der Waals surface area contributed by atoms with E-state index in [4.69, 9.17) is 0 Å². The number of rotatable bonds is 4. The molecule has 0 aliphatic rings. The van der Waals surface area contributed by atoms with E-state index in [1.54, 1.807) is 18.2 Å². The molecule has 124 valence electrons. The van der Waals surface area contributed by atoms with Gasteiger partial charge in [0.25, 0.3) is 0 Å². The lowest BCUT2D eigenvalue weighted by Gasteiger charge is -1.99. The summed E-state index contributed by atoms with van der Waals surface area (Å²) in [5.41, 5.74) is 3.95. The molecule has 0 atom stereocenters. The van der Waals surface area contributed by atoms with E-state index in [1.807, 2.05) is 60.7 Å². The fourth-order valence-corrected chi connectivity index (χ4v) is 2.33. The highest BCUT2D eigenvalue weighted by Gasteiger charge is 1.98. The fraction of sp³-hybridized carbons (Fsp3) is 0. The predicted octanol–water partition coefficient (Wildman–Crippen LogP) is 5.14. The minimum Gasteiger partial charge on any atom is -0.508 e. The molecule has 0 spiro atoms. The van der Waals surface area contributed by atoms with Gasteiger partial charge in [0, 0.05) is 0 Å². The van der Waals surface area contributed by atoms with Crippen LogP contribution in [-0.2, 0) is 0 Å². The number of hydrogen-bond donors (Lipinski definition) is 3. The molecule has 3 aromatic rings. The second kappa shape index (κ2) is 7.41. The van der Waals surface area contributed by atoms with Crippen molar-refractivity contribution in [2.24, 2.45) is 0 Å². The molecule has 3 aromatic carbocycles. The third-order valence-corrected chi connectivity index (χ3v) is 3.77. The maximum Gasteiger partial charge on any atom is 0.157 e. The van der Waals surface area contributed by atoms with Crippen molar-refractivity contribution in [1.82, 2.24) is 0 Å². The van der Waals surface area contributed by atoms with Crippen molar-refractivity contribution in [3.05, 3.63) is 89.0 Å². The van der Waals surface area contributed by atoms with Gasteiger partial charge in [-0.25, -0.2) is 0 Å². The predicted molar refractivity (Wildman–Crippen MR) is 102 cm³/mol. The molecule has 3 nitrogen and oxygen atoms in total. The van der Waals surface area contributed by atoms with Crippen molar-refractivity contribution in [2.45, 2.75) is 0 Å². The maximum absolute atomic E-state index is 9.50. The van der Waals surface area contributed by atoms with E-state index < -0.39 is 0 Å². The highest BCUT2D eigenvalue weighted by molar-refractivity contribution is 5.73. The maximum atomic E-state index is 9.50. The number of benzene rings is 3. The smallest absolute Gasteiger partial charge is 0.157 e. The fourth-order valence-electron chi connectivity index (χ4n) is 2.33. The largest absolute Gasteiger partial charge is 0.508 e. The third kappa shape index (κ3) is 4.52. The summed E-state index contributed by atoms with van der Waals surface area (Å²) in [6, 6.07) is 19.8. The summed E-state index contributed by atoms with van der Waals surface area (Å²) in [5.74, 6) is 0.00835. The van der Waals surface area contributed by atoms with Crippen LogP contribution in [0.2, 0.25) is 0 Å². The highest BCUT2D eigenvalue weighted by atomic mass is 16.3. The second-order valence-corrected chi connectivity index (χ2v) is 5.67. The van der Waals surface area contributed by atoms with E-state index in [1.165, 1.54) is 12.1 Å². The molecule has 25 heavy (non-hydrogen) atoms. The minimum atomic E-state index is -0.128. The number of phenols is 3. The minimum absolute atomic E-state index is 0.123. The first-order chi connectivity index (χ1) is 12.1. The van der Waals surface area contributed by atoms with Gasteiger partial charge < -0.3 is 15.3 Å². The molecule has 3 heteroatoms. The van der Waals surface area contributed by atoms with E-state index in [0.717, 1.165) is 22.3 Å². The Morgan fingerprint density at radius 3 is 1.32 bits per heavy atom. The number of aromatic hydroxyl groups is 3. The Morgan fingerprint density at radius 1 is 0.440 bits per heavy atom. The molecule has 0 aliphatic heterocycles. The van der Waals surface area contributed by atoms with Crippen molar-refractivity contribution < 1.29 is 15.3 Å². The van der Waals surface area contributed by atoms with Gasteiger partial charge in [0.05, 0.1) is 0 Å². The van der Waals surface area contributed by atoms with Gasteiger partial charge in [0.15, 0.2) is 11.5 Å². The molecule has 0 bridgehead atoms. The number of phenolic OH excluding ortho intramolecular Hbond substituents is 3. The SMILES string of the molecule is Oc1ccc(/C=C/c2ccc(/C=C/c3ccc(O)c(O)c3)cc2)cc1. The first-order valence-electron chi connectivity index (χ1n) is 7.87. The molecular weight excluding hydrogens is 312 g/mol. The van der Waals surface area contributed by atoms with E-state index in [2.05, 4.69) is 0 Å². The Balaban J connectivity index is 1.68. The van der Waals surface area contributed by atoms with Crippen LogP contribution < -0.4 is 0 Å². The Bertz CT molecular complexity index is 905. The van der Waals surface area contributed by atoms with E-state index in [9.17, 15) is 15.3 Å². The summed E-state index contributed by atoms with van der Waals surface area (Å²) in [4.78, 5) is 0. The Labute approximate surface area is 146 Å². The van der Waals surface area contributed by atoms with Crippen LogP contribution in [0.5, 0.6) is 17.2 Å². The first-order valence-corrected chi connectivity index (χ1v) is 7.87. The normalized spacial score (nSPS) is 11.4. The van der Waals surface area contributed by atoms with Crippen molar-refractivity contribution in [3.63, 3.8) is 0 Å². The molecule has 0 heterocycles. The van der Waals surface area contributed by atoms with Gasteiger partial charge in [-0.15, -0.1) is 0 Å². The molecule has 0 fully saturated rings. The van der Waals surface area contributed by atoms with Crippen LogP contribution in [0, 0.1) is 0 Å². The van der Waals surface area contributed by atoms with Gasteiger partial charge >= 0.3 is 0 Å². The zero-order valence-corrected chi connectivity index (χ0v) is 13.5. The summed E-state index contributed by atoms with van der Waals surface area (Å²) in [5, 5.41) is 28.1. The number of hydrogen-bond acceptors (Lipinski definition) is 3. The lowest BCUT2D eigenvalue weighted by molar-refractivity contribution is 0.403. The van der Waals surface area contributed by atoms with Crippen LogP contribution in [0.25, 0.3) is 24.3 Å². The molecule has 3 N–H and O–H groups in total. The summed E-state index contributed by atoms with van der Waals surface area (Å²) in [6.45, 7) is 0. The van der Waals surface area contributed by atoms with Gasteiger partial charge in [-0.2, -0.15) is 0 Å². The molecule has 0 aromatic heterocycles. The summed E-state index contributed by atoms with van der Waals surface area (Å²) >= 11 is 0. The average Bonchev–Trinajstić information content (AvgIpc) is 2.63. The van der Waals surface area contributed by atoms with Crippen molar-refractivity contribution in [1.29, 1.82) is 0 Å². The van der Waals surface area contributed by atoms with Gasteiger partial charge in [-0.05, 0) is 46.5 Å². The highest BCUT2D eigenvalue weighted by Crippen LogP contribution is 2.25. The zero-order valence-electron chi connectivity index (χ0n) is 13.5. The van der Waals surface area contributed by atoms with Gasteiger partial charge in [-0.1, -0.05) is 66.8 Å². The summed E-state index contributed by atoms with van der Waals surface area (Å²) in [7, 11) is 0. The standard InChI is InChI=1S/C22H18O3/c23-20-12-9-18(10-13-20)6-5-16-1-3-17(4-2-16)7-8-19-11-14-21(24)22(25)15-19/h1-15,23-25H/b6-5+,8-7+. The second-order valence-electron chi connectivity index (χ2n) is 5.67. The van der Waals surface area contributed by atoms with Crippen LogP contribution in [0.3, 0.4) is 0 Å². The first kappa shape index (κ1) is 16.4. The quantitative estimate of drug-likeness (QED) is 0.458. The molecular formula is C22H18O3. The molecule has 0 radical (unpaired) electrons. The van der Waals surface area contributed by atoms with Crippen LogP contribution in [-0.4, -0.2) is 15.3 Å². The molecule has 0 saturated carbocycles. The topological polar surface area (TPSA) is 60.7 Å². The van der Waals surface area contributed by atoms with E-state index in [0.29, 0.717) is 0 Å². The molecule has 0 saturated heterocycles. The van der Waals surface area contributed by atoms with Crippen molar-refractivity contribution in [2.75, 3.05) is 0 Å². The molecule has 0 aliphatic carbocycles. The molecule has 0 unspecified atom stereocenters. The van der Waals surface area contributed by atoms with Crippen LogP contribution in [0.4, 0.5) is 0 Å². The van der Waals surface area contributed by atoms with Crippen LogP contribution in [0.1, 0.15) is 22.3 Å². The Morgan fingerprint density at radius 2 is 0.840 bits per heavy atom. The van der Waals surface area contributed by atoms with Gasteiger partial charge in [-0.3, -0.25) is 0 Å². The van der Waals surface area contributed by atoms with Gasteiger partial charge in [0.2, 0.25) is 0 Å².